The normalized spacial score (nSPS) is 22.1. The molecule has 0 heterocycles. The van der Waals surface area contributed by atoms with E-state index in [4.69, 9.17) is 5.73 Å². The van der Waals surface area contributed by atoms with Crippen molar-refractivity contribution in [2.24, 2.45) is 5.73 Å². The van der Waals surface area contributed by atoms with E-state index in [1.54, 1.807) is 0 Å². The molecular formula is C12H24N2O. The third kappa shape index (κ3) is 4.20. The van der Waals surface area contributed by atoms with Gasteiger partial charge in [0.05, 0.1) is 0 Å². The summed E-state index contributed by atoms with van der Waals surface area (Å²) >= 11 is 0. The number of rotatable bonds is 4. The fourth-order valence-electron chi connectivity index (χ4n) is 2.23. The molecule has 1 fully saturated rings. The fourth-order valence-corrected chi connectivity index (χ4v) is 2.23. The monoisotopic (exact) mass is 212 g/mol. The van der Waals surface area contributed by atoms with Crippen LogP contribution in [0.3, 0.4) is 0 Å². The van der Waals surface area contributed by atoms with E-state index in [9.17, 15) is 4.79 Å². The molecule has 1 amide bonds. The average molecular weight is 212 g/mol. The summed E-state index contributed by atoms with van der Waals surface area (Å²) in [6.07, 6.45) is 7.32. The van der Waals surface area contributed by atoms with Crippen LogP contribution in [0.25, 0.3) is 0 Å². The molecule has 0 radical (unpaired) electrons. The SMILES string of the molecule is CCC(N)CC(=O)NC1(C)CCCCC1. The van der Waals surface area contributed by atoms with Crippen molar-refractivity contribution in [3.05, 3.63) is 0 Å². The van der Waals surface area contributed by atoms with Gasteiger partial charge in [-0.05, 0) is 26.2 Å². The van der Waals surface area contributed by atoms with Crippen molar-refractivity contribution in [1.29, 1.82) is 0 Å². The van der Waals surface area contributed by atoms with Gasteiger partial charge in [-0.3, -0.25) is 4.79 Å². The summed E-state index contributed by atoms with van der Waals surface area (Å²) in [5.41, 5.74) is 5.79. The third-order valence-electron chi connectivity index (χ3n) is 3.37. The van der Waals surface area contributed by atoms with Crippen molar-refractivity contribution in [1.82, 2.24) is 5.32 Å². The molecule has 1 unspecified atom stereocenters. The van der Waals surface area contributed by atoms with E-state index in [0.717, 1.165) is 19.3 Å². The standard InChI is InChI=1S/C12H24N2O/c1-3-10(13)9-11(15)14-12(2)7-5-4-6-8-12/h10H,3-9,13H2,1-2H3,(H,14,15). The predicted molar refractivity (Wildman–Crippen MR) is 62.5 cm³/mol. The van der Waals surface area contributed by atoms with E-state index < -0.39 is 0 Å². The number of hydrogen-bond acceptors (Lipinski definition) is 2. The quantitative estimate of drug-likeness (QED) is 0.748. The lowest BCUT2D eigenvalue weighted by atomic mass is 9.83. The maximum absolute atomic E-state index is 11.7. The Morgan fingerprint density at radius 1 is 1.40 bits per heavy atom. The predicted octanol–water partition coefficient (Wildman–Crippen LogP) is 1.95. The van der Waals surface area contributed by atoms with Crippen molar-refractivity contribution in [3.8, 4) is 0 Å². The first-order valence-corrected chi connectivity index (χ1v) is 6.12. The number of carbonyl (C=O) groups excluding carboxylic acids is 1. The second-order valence-electron chi connectivity index (χ2n) is 5.04. The zero-order chi connectivity index (χ0) is 11.3. The zero-order valence-electron chi connectivity index (χ0n) is 10.0. The second kappa shape index (κ2) is 5.50. The van der Waals surface area contributed by atoms with Gasteiger partial charge in [-0.15, -0.1) is 0 Å². The van der Waals surface area contributed by atoms with Crippen LogP contribution in [-0.2, 0) is 4.79 Å². The molecule has 0 spiro atoms. The van der Waals surface area contributed by atoms with Gasteiger partial charge in [0.15, 0.2) is 0 Å². The molecule has 0 saturated heterocycles. The number of nitrogens with two attached hydrogens (primary N) is 1. The highest BCUT2D eigenvalue weighted by Crippen LogP contribution is 2.27. The van der Waals surface area contributed by atoms with E-state index in [0.29, 0.717) is 6.42 Å². The smallest absolute Gasteiger partial charge is 0.221 e. The summed E-state index contributed by atoms with van der Waals surface area (Å²) in [5.74, 6) is 0.119. The summed E-state index contributed by atoms with van der Waals surface area (Å²) in [7, 11) is 0. The van der Waals surface area contributed by atoms with Crippen LogP contribution < -0.4 is 11.1 Å². The summed E-state index contributed by atoms with van der Waals surface area (Å²) in [5, 5.41) is 3.14. The third-order valence-corrected chi connectivity index (χ3v) is 3.37. The minimum Gasteiger partial charge on any atom is -0.351 e. The Labute approximate surface area is 92.8 Å². The highest BCUT2D eigenvalue weighted by molar-refractivity contribution is 5.77. The molecule has 1 atom stereocenters. The Morgan fingerprint density at radius 2 is 2.00 bits per heavy atom. The number of nitrogens with one attached hydrogen (secondary N) is 1. The average Bonchev–Trinajstić information content (AvgIpc) is 2.17. The van der Waals surface area contributed by atoms with Gasteiger partial charge in [0.2, 0.25) is 5.91 Å². The lowest BCUT2D eigenvalue weighted by Gasteiger charge is -2.34. The van der Waals surface area contributed by atoms with Gasteiger partial charge in [0.1, 0.15) is 0 Å². The Kier molecular flexibility index (Phi) is 4.58. The van der Waals surface area contributed by atoms with Crippen LogP contribution in [0, 0.1) is 0 Å². The van der Waals surface area contributed by atoms with Gasteiger partial charge in [-0.2, -0.15) is 0 Å². The van der Waals surface area contributed by atoms with Gasteiger partial charge in [-0.1, -0.05) is 26.2 Å². The molecular weight excluding hydrogens is 188 g/mol. The minimum absolute atomic E-state index is 0.0113. The van der Waals surface area contributed by atoms with Gasteiger partial charge >= 0.3 is 0 Å². The lowest BCUT2D eigenvalue weighted by Crippen LogP contribution is -2.48. The molecule has 1 rings (SSSR count). The van der Waals surface area contributed by atoms with Crippen LogP contribution in [0.15, 0.2) is 0 Å². The molecule has 0 bridgehead atoms. The van der Waals surface area contributed by atoms with Crippen molar-refractivity contribution >= 4 is 5.91 Å². The fraction of sp³-hybridized carbons (Fsp3) is 0.917. The van der Waals surface area contributed by atoms with E-state index in [2.05, 4.69) is 12.2 Å². The van der Waals surface area contributed by atoms with Gasteiger partial charge in [-0.25, -0.2) is 0 Å². The first-order valence-electron chi connectivity index (χ1n) is 6.12. The first kappa shape index (κ1) is 12.5. The van der Waals surface area contributed by atoms with Crippen LogP contribution in [0.4, 0.5) is 0 Å². The van der Waals surface area contributed by atoms with E-state index in [1.165, 1.54) is 19.3 Å². The van der Waals surface area contributed by atoms with Crippen LogP contribution in [0.5, 0.6) is 0 Å². The van der Waals surface area contributed by atoms with Crippen LogP contribution in [0.1, 0.15) is 58.8 Å². The highest BCUT2D eigenvalue weighted by atomic mass is 16.1. The second-order valence-corrected chi connectivity index (χ2v) is 5.04. The lowest BCUT2D eigenvalue weighted by molar-refractivity contribution is -0.123. The van der Waals surface area contributed by atoms with Crippen molar-refractivity contribution in [2.45, 2.75) is 70.4 Å². The molecule has 88 valence electrons. The topological polar surface area (TPSA) is 55.1 Å². The van der Waals surface area contributed by atoms with Crippen LogP contribution in [0.2, 0.25) is 0 Å². The summed E-state index contributed by atoms with van der Waals surface area (Å²) < 4.78 is 0. The number of hydrogen-bond donors (Lipinski definition) is 2. The van der Waals surface area contributed by atoms with Crippen molar-refractivity contribution in [2.75, 3.05) is 0 Å². The highest BCUT2D eigenvalue weighted by Gasteiger charge is 2.28. The van der Waals surface area contributed by atoms with Crippen molar-refractivity contribution < 1.29 is 4.79 Å². The van der Waals surface area contributed by atoms with Crippen molar-refractivity contribution in [3.63, 3.8) is 0 Å². The molecule has 15 heavy (non-hydrogen) atoms. The molecule has 1 saturated carbocycles. The number of amides is 1. The molecule has 0 aliphatic heterocycles. The Bertz CT molecular complexity index is 210. The molecule has 3 heteroatoms. The van der Waals surface area contributed by atoms with Gasteiger partial charge in [0, 0.05) is 18.0 Å². The van der Waals surface area contributed by atoms with E-state index in [-0.39, 0.29) is 17.5 Å². The molecule has 0 aromatic rings. The van der Waals surface area contributed by atoms with E-state index in [1.807, 2.05) is 6.92 Å². The van der Waals surface area contributed by atoms with Crippen LogP contribution in [-0.4, -0.2) is 17.5 Å². The largest absolute Gasteiger partial charge is 0.351 e. The zero-order valence-corrected chi connectivity index (χ0v) is 10.0. The number of carbonyl (C=O) groups is 1. The maximum Gasteiger partial charge on any atom is 0.221 e. The van der Waals surface area contributed by atoms with Gasteiger partial charge in [0.25, 0.3) is 0 Å². The first-order chi connectivity index (χ1) is 7.06. The summed E-state index contributed by atoms with van der Waals surface area (Å²) in [6.45, 7) is 4.17. The van der Waals surface area contributed by atoms with E-state index >= 15 is 0 Å². The molecule has 0 aromatic heterocycles. The summed E-state index contributed by atoms with van der Waals surface area (Å²) in [4.78, 5) is 11.7. The Hall–Kier alpha value is -0.570. The Morgan fingerprint density at radius 3 is 2.53 bits per heavy atom. The molecule has 3 N–H and O–H groups in total. The Balaban J connectivity index is 2.35. The maximum atomic E-state index is 11.7. The molecule has 0 aromatic carbocycles. The van der Waals surface area contributed by atoms with Gasteiger partial charge < -0.3 is 11.1 Å². The van der Waals surface area contributed by atoms with Crippen LogP contribution >= 0.6 is 0 Å². The summed E-state index contributed by atoms with van der Waals surface area (Å²) in [6, 6.07) is 0.0113. The molecule has 1 aliphatic rings. The molecule has 3 nitrogen and oxygen atoms in total. The molecule has 1 aliphatic carbocycles. The minimum atomic E-state index is 0.0113.